The molecule has 33 heavy (non-hydrogen) atoms. The summed E-state index contributed by atoms with van der Waals surface area (Å²) in [6.45, 7) is 10.8. The highest BCUT2D eigenvalue weighted by Gasteiger charge is 2.25. The lowest BCUT2D eigenvalue weighted by atomic mass is 10.2. The van der Waals surface area contributed by atoms with Crippen LogP contribution in [0.25, 0.3) is 16.9 Å². The van der Waals surface area contributed by atoms with Crippen LogP contribution in [0.5, 0.6) is 0 Å². The van der Waals surface area contributed by atoms with Crippen molar-refractivity contribution in [2.75, 3.05) is 26.2 Å². The van der Waals surface area contributed by atoms with Crippen LogP contribution in [0.15, 0.2) is 30.7 Å². The van der Waals surface area contributed by atoms with E-state index in [0.29, 0.717) is 24.4 Å². The van der Waals surface area contributed by atoms with E-state index in [1.165, 1.54) is 5.56 Å². The predicted molar refractivity (Wildman–Crippen MR) is 124 cm³/mol. The highest BCUT2D eigenvalue weighted by atomic mass is 16.2. The summed E-state index contributed by atoms with van der Waals surface area (Å²) in [4.78, 5) is 21.9. The van der Waals surface area contributed by atoms with E-state index in [2.05, 4.69) is 38.3 Å². The van der Waals surface area contributed by atoms with Gasteiger partial charge in [-0.2, -0.15) is 15.3 Å². The van der Waals surface area contributed by atoms with Crippen molar-refractivity contribution in [3.63, 3.8) is 0 Å². The van der Waals surface area contributed by atoms with Gasteiger partial charge in [-0.05, 0) is 26.8 Å². The van der Waals surface area contributed by atoms with E-state index in [0.717, 1.165) is 48.8 Å². The first-order chi connectivity index (χ1) is 15.9. The molecule has 172 valence electrons. The maximum Gasteiger partial charge on any atom is 0.274 e. The Kier molecular flexibility index (Phi) is 5.45. The molecule has 0 atom stereocenters. The molecule has 0 aliphatic carbocycles. The average Bonchev–Trinajstić information content (AvgIpc) is 3.50. The minimum Gasteiger partial charge on any atom is -0.335 e. The Balaban J connectivity index is 1.32. The minimum atomic E-state index is -0.0513. The van der Waals surface area contributed by atoms with Crippen molar-refractivity contribution in [3.8, 4) is 11.3 Å². The molecule has 10 heteroatoms. The maximum atomic E-state index is 13.2. The third-order valence-corrected chi connectivity index (χ3v) is 6.42. The van der Waals surface area contributed by atoms with Gasteiger partial charge < -0.3 is 4.90 Å². The van der Waals surface area contributed by atoms with E-state index < -0.39 is 0 Å². The summed E-state index contributed by atoms with van der Waals surface area (Å²) in [6.07, 6.45) is 5.67. The molecule has 5 rings (SSSR count). The number of carbonyl (C=O) groups excluding carboxylic acids is 1. The molecule has 0 saturated carbocycles. The van der Waals surface area contributed by atoms with Gasteiger partial charge in [0.25, 0.3) is 5.91 Å². The van der Waals surface area contributed by atoms with Crippen LogP contribution in [0.4, 0.5) is 0 Å². The highest BCUT2D eigenvalue weighted by Crippen LogP contribution is 2.24. The summed E-state index contributed by atoms with van der Waals surface area (Å²) in [7, 11) is 1.94. The molecule has 0 radical (unpaired) electrons. The number of nitrogens with zero attached hydrogens (tertiary/aromatic N) is 9. The molecule has 0 aromatic carbocycles. The van der Waals surface area contributed by atoms with E-state index in [1.807, 2.05) is 47.4 Å². The quantitative estimate of drug-likeness (QED) is 0.464. The molecular weight excluding hydrogens is 418 g/mol. The molecule has 4 aromatic rings. The van der Waals surface area contributed by atoms with Crippen molar-refractivity contribution in [3.05, 3.63) is 53.4 Å². The SMILES string of the molecule is CCn1ncc(-c2ccnc3cc(C(=O)N4CCN(Cc5cn(C)nc5C)CC4)nn23)c1C. The topological polar surface area (TPSA) is 89.4 Å². The van der Waals surface area contributed by atoms with Gasteiger partial charge in [0.1, 0.15) is 0 Å². The monoisotopic (exact) mass is 447 g/mol. The van der Waals surface area contributed by atoms with Crippen LogP contribution >= 0.6 is 0 Å². The number of carbonyl (C=O) groups is 1. The fourth-order valence-corrected chi connectivity index (χ4v) is 4.54. The lowest BCUT2D eigenvalue weighted by molar-refractivity contribution is 0.0622. The Morgan fingerprint density at radius 1 is 1.12 bits per heavy atom. The molecule has 0 N–H and O–H groups in total. The van der Waals surface area contributed by atoms with Crippen LogP contribution < -0.4 is 0 Å². The van der Waals surface area contributed by atoms with Crippen LogP contribution in [0.1, 0.15) is 34.4 Å². The lowest BCUT2D eigenvalue weighted by Gasteiger charge is -2.34. The van der Waals surface area contributed by atoms with Crippen LogP contribution in [-0.2, 0) is 20.1 Å². The third-order valence-electron chi connectivity index (χ3n) is 6.42. The Morgan fingerprint density at radius 3 is 2.58 bits per heavy atom. The van der Waals surface area contributed by atoms with Gasteiger partial charge >= 0.3 is 0 Å². The first-order valence-corrected chi connectivity index (χ1v) is 11.3. The summed E-state index contributed by atoms with van der Waals surface area (Å²) in [5.41, 5.74) is 6.31. The van der Waals surface area contributed by atoms with Gasteiger partial charge in [-0.3, -0.25) is 19.1 Å². The smallest absolute Gasteiger partial charge is 0.274 e. The van der Waals surface area contributed by atoms with Gasteiger partial charge in [0.15, 0.2) is 11.3 Å². The van der Waals surface area contributed by atoms with E-state index in [1.54, 1.807) is 16.8 Å². The fraction of sp³-hybridized carbons (Fsp3) is 0.435. The van der Waals surface area contributed by atoms with Crippen LogP contribution in [0, 0.1) is 13.8 Å². The number of fused-ring (bicyclic) bond motifs is 1. The molecule has 0 spiro atoms. The number of piperazine rings is 1. The number of amides is 1. The Morgan fingerprint density at radius 2 is 1.91 bits per heavy atom. The lowest BCUT2D eigenvalue weighted by Crippen LogP contribution is -2.48. The van der Waals surface area contributed by atoms with E-state index >= 15 is 0 Å². The standard InChI is InChI=1S/C23H29N9O/c1-5-31-17(3)19(13-25-31)21-6-7-24-22-12-20(27-32(21)22)23(33)30-10-8-29(9-11-30)15-18-14-28(4)26-16(18)2/h6-7,12-14H,5,8-11,15H2,1-4H3. The summed E-state index contributed by atoms with van der Waals surface area (Å²) < 4.78 is 5.55. The summed E-state index contributed by atoms with van der Waals surface area (Å²) in [5, 5.41) is 13.5. The molecule has 10 nitrogen and oxygen atoms in total. The molecule has 1 aliphatic heterocycles. The van der Waals surface area contributed by atoms with E-state index in [9.17, 15) is 4.79 Å². The van der Waals surface area contributed by atoms with Crippen molar-refractivity contribution < 1.29 is 4.79 Å². The number of aromatic nitrogens is 7. The number of aryl methyl sites for hydroxylation is 3. The second kappa shape index (κ2) is 8.43. The zero-order valence-electron chi connectivity index (χ0n) is 19.6. The molecule has 1 saturated heterocycles. The van der Waals surface area contributed by atoms with Crippen molar-refractivity contribution in [1.82, 2.24) is 44.0 Å². The van der Waals surface area contributed by atoms with Crippen LogP contribution in [-0.4, -0.2) is 76.0 Å². The normalized spacial score (nSPS) is 15.0. The van der Waals surface area contributed by atoms with Crippen molar-refractivity contribution in [1.29, 1.82) is 0 Å². The first kappa shape index (κ1) is 21.3. The zero-order chi connectivity index (χ0) is 23.1. The number of rotatable bonds is 5. The Hall–Kier alpha value is -3.53. The Bertz CT molecular complexity index is 1310. The Labute approximate surface area is 192 Å². The van der Waals surface area contributed by atoms with Crippen LogP contribution in [0.3, 0.4) is 0 Å². The molecule has 0 unspecified atom stereocenters. The summed E-state index contributed by atoms with van der Waals surface area (Å²) in [6, 6.07) is 3.69. The van der Waals surface area contributed by atoms with Gasteiger partial charge in [-0.25, -0.2) is 9.50 Å². The van der Waals surface area contributed by atoms with Gasteiger partial charge in [-0.1, -0.05) is 0 Å². The highest BCUT2D eigenvalue weighted by molar-refractivity contribution is 5.93. The van der Waals surface area contributed by atoms with Crippen molar-refractivity contribution >= 4 is 11.6 Å². The molecule has 1 aliphatic rings. The number of hydrogen-bond donors (Lipinski definition) is 0. The molecule has 4 aromatic heterocycles. The van der Waals surface area contributed by atoms with Crippen LogP contribution in [0.2, 0.25) is 0 Å². The summed E-state index contributed by atoms with van der Waals surface area (Å²) in [5.74, 6) is -0.0513. The van der Waals surface area contributed by atoms with Gasteiger partial charge in [0, 0.05) is 81.6 Å². The minimum absolute atomic E-state index is 0.0513. The molecule has 5 heterocycles. The van der Waals surface area contributed by atoms with Gasteiger partial charge in [0.05, 0.1) is 17.6 Å². The predicted octanol–water partition coefficient (Wildman–Crippen LogP) is 1.92. The second-order valence-electron chi connectivity index (χ2n) is 8.57. The number of hydrogen-bond acceptors (Lipinski definition) is 6. The maximum absolute atomic E-state index is 13.2. The van der Waals surface area contributed by atoms with Gasteiger partial charge in [0.2, 0.25) is 0 Å². The molecule has 1 fully saturated rings. The molecule has 1 amide bonds. The molecular formula is C23H29N9O. The second-order valence-corrected chi connectivity index (χ2v) is 8.57. The largest absolute Gasteiger partial charge is 0.335 e. The summed E-state index contributed by atoms with van der Waals surface area (Å²) >= 11 is 0. The molecule has 0 bridgehead atoms. The van der Waals surface area contributed by atoms with Gasteiger partial charge in [-0.15, -0.1) is 0 Å². The zero-order valence-corrected chi connectivity index (χ0v) is 19.6. The van der Waals surface area contributed by atoms with Crippen molar-refractivity contribution in [2.24, 2.45) is 7.05 Å². The fourth-order valence-electron chi connectivity index (χ4n) is 4.54. The third kappa shape index (κ3) is 3.91. The first-order valence-electron chi connectivity index (χ1n) is 11.3. The van der Waals surface area contributed by atoms with E-state index in [-0.39, 0.29) is 5.91 Å². The average molecular weight is 448 g/mol. The van der Waals surface area contributed by atoms with Crippen molar-refractivity contribution in [2.45, 2.75) is 33.9 Å². The van der Waals surface area contributed by atoms with E-state index in [4.69, 9.17) is 0 Å².